The van der Waals surface area contributed by atoms with Gasteiger partial charge in [0.1, 0.15) is 19.0 Å². The zero-order chi connectivity index (χ0) is 15.8. The molecule has 0 aliphatic heterocycles. The third kappa shape index (κ3) is 5.63. The number of hydrogen-bond donors (Lipinski definition) is 2. The predicted molar refractivity (Wildman–Crippen MR) is 82.0 cm³/mol. The first kappa shape index (κ1) is 16.1. The Morgan fingerprint density at radius 2 is 1.82 bits per heavy atom. The van der Waals surface area contributed by atoms with Crippen molar-refractivity contribution in [2.24, 2.45) is 0 Å². The second kappa shape index (κ2) is 8.26. The van der Waals surface area contributed by atoms with Gasteiger partial charge in [0.05, 0.1) is 6.54 Å². The number of thiophene rings is 1. The molecule has 0 bridgehead atoms. The molecule has 0 saturated heterocycles. The van der Waals surface area contributed by atoms with Crippen molar-refractivity contribution >= 4 is 28.8 Å². The summed E-state index contributed by atoms with van der Waals surface area (Å²) in [6.07, 6.45) is 0. The maximum absolute atomic E-state index is 12.7. The smallest absolute Gasteiger partial charge is 0.250 e. The molecule has 0 atom stereocenters. The zero-order valence-corrected chi connectivity index (χ0v) is 12.5. The standard InChI is InChI=1S/C15H15FN2O3S/c16-11-3-5-12(6-4-11)18-15(20)10-21-9-14(19)17-8-13-2-1-7-22-13/h1-7H,8-10H2,(H,17,19)(H,18,20). The fraction of sp³-hybridized carbons (Fsp3) is 0.200. The Kier molecular flexibility index (Phi) is 6.05. The summed E-state index contributed by atoms with van der Waals surface area (Å²) in [5.74, 6) is -1.07. The molecule has 22 heavy (non-hydrogen) atoms. The Balaban J connectivity index is 1.62. The molecule has 7 heteroatoms. The zero-order valence-electron chi connectivity index (χ0n) is 11.7. The van der Waals surface area contributed by atoms with Crippen LogP contribution in [0.25, 0.3) is 0 Å². The van der Waals surface area contributed by atoms with Crippen LogP contribution in [0.4, 0.5) is 10.1 Å². The number of amides is 2. The van der Waals surface area contributed by atoms with Gasteiger partial charge in [-0.25, -0.2) is 4.39 Å². The average Bonchev–Trinajstić information content (AvgIpc) is 3.01. The second-order valence-electron chi connectivity index (χ2n) is 4.40. The lowest BCUT2D eigenvalue weighted by molar-refractivity contribution is -0.128. The van der Waals surface area contributed by atoms with Crippen LogP contribution in [0.15, 0.2) is 41.8 Å². The molecule has 1 heterocycles. The van der Waals surface area contributed by atoms with Crippen molar-refractivity contribution in [1.82, 2.24) is 5.32 Å². The van der Waals surface area contributed by atoms with Crippen LogP contribution in [-0.2, 0) is 20.9 Å². The summed E-state index contributed by atoms with van der Waals surface area (Å²) in [6.45, 7) is 0.00759. The summed E-state index contributed by atoms with van der Waals surface area (Å²) in [6, 6.07) is 9.20. The molecule has 0 aliphatic carbocycles. The number of anilines is 1. The van der Waals surface area contributed by atoms with E-state index >= 15 is 0 Å². The number of ether oxygens (including phenoxy) is 1. The number of carbonyl (C=O) groups excluding carboxylic acids is 2. The third-order valence-corrected chi connectivity index (χ3v) is 3.51. The van der Waals surface area contributed by atoms with E-state index in [1.807, 2.05) is 17.5 Å². The topological polar surface area (TPSA) is 67.4 Å². The van der Waals surface area contributed by atoms with Gasteiger partial charge >= 0.3 is 0 Å². The van der Waals surface area contributed by atoms with Gasteiger partial charge in [0.2, 0.25) is 11.8 Å². The summed E-state index contributed by atoms with van der Waals surface area (Å²) in [5.41, 5.74) is 0.470. The highest BCUT2D eigenvalue weighted by Crippen LogP contribution is 2.08. The Bertz CT molecular complexity index is 614. The molecule has 2 amide bonds. The summed E-state index contributed by atoms with van der Waals surface area (Å²) in [7, 11) is 0. The van der Waals surface area contributed by atoms with Gasteiger partial charge < -0.3 is 15.4 Å². The first-order valence-corrected chi connectivity index (χ1v) is 7.43. The Hall–Kier alpha value is -2.25. The molecule has 0 saturated carbocycles. The van der Waals surface area contributed by atoms with Gasteiger partial charge in [0.25, 0.3) is 0 Å². The number of rotatable bonds is 7. The number of hydrogen-bond acceptors (Lipinski definition) is 4. The van der Waals surface area contributed by atoms with Crippen LogP contribution in [0.3, 0.4) is 0 Å². The Morgan fingerprint density at radius 3 is 2.50 bits per heavy atom. The highest BCUT2D eigenvalue weighted by atomic mass is 32.1. The lowest BCUT2D eigenvalue weighted by Gasteiger charge is -2.07. The van der Waals surface area contributed by atoms with Crippen LogP contribution in [0.2, 0.25) is 0 Å². The molecule has 2 rings (SSSR count). The fourth-order valence-corrected chi connectivity index (χ4v) is 2.26. The van der Waals surface area contributed by atoms with Crippen molar-refractivity contribution in [3.63, 3.8) is 0 Å². The predicted octanol–water partition coefficient (Wildman–Crippen LogP) is 2.16. The van der Waals surface area contributed by atoms with Gasteiger partial charge in [-0.15, -0.1) is 11.3 Å². The van der Waals surface area contributed by atoms with E-state index in [1.165, 1.54) is 24.3 Å². The largest absolute Gasteiger partial charge is 0.362 e. The Labute approximate surface area is 131 Å². The second-order valence-corrected chi connectivity index (χ2v) is 5.44. The maximum atomic E-state index is 12.7. The van der Waals surface area contributed by atoms with Gasteiger partial charge in [-0.1, -0.05) is 6.07 Å². The first-order chi connectivity index (χ1) is 10.6. The SMILES string of the molecule is O=C(COCC(=O)Nc1ccc(F)cc1)NCc1cccs1. The van der Waals surface area contributed by atoms with E-state index in [9.17, 15) is 14.0 Å². The molecule has 2 N–H and O–H groups in total. The molecule has 0 radical (unpaired) electrons. The van der Waals surface area contributed by atoms with E-state index in [0.29, 0.717) is 12.2 Å². The number of halogens is 1. The highest BCUT2D eigenvalue weighted by Gasteiger charge is 2.06. The molecule has 1 aromatic heterocycles. The van der Waals surface area contributed by atoms with Crippen LogP contribution in [-0.4, -0.2) is 25.0 Å². The number of nitrogens with one attached hydrogen (secondary N) is 2. The molecular weight excluding hydrogens is 307 g/mol. The highest BCUT2D eigenvalue weighted by molar-refractivity contribution is 7.09. The molecule has 0 fully saturated rings. The average molecular weight is 322 g/mol. The molecule has 2 aromatic rings. The van der Waals surface area contributed by atoms with Gasteiger partial charge in [-0.3, -0.25) is 9.59 Å². The Morgan fingerprint density at radius 1 is 1.09 bits per heavy atom. The van der Waals surface area contributed by atoms with Gasteiger partial charge in [0, 0.05) is 10.6 Å². The molecule has 116 valence electrons. The van der Waals surface area contributed by atoms with Crippen LogP contribution in [0, 0.1) is 5.82 Å². The van der Waals surface area contributed by atoms with Gasteiger partial charge in [-0.2, -0.15) is 0 Å². The first-order valence-electron chi connectivity index (χ1n) is 6.56. The lowest BCUT2D eigenvalue weighted by Crippen LogP contribution is -2.29. The molecule has 0 aliphatic rings. The monoisotopic (exact) mass is 322 g/mol. The summed E-state index contributed by atoms with van der Waals surface area (Å²) in [5, 5.41) is 7.15. The maximum Gasteiger partial charge on any atom is 0.250 e. The molecule has 1 aromatic carbocycles. The lowest BCUT2D eigenvalue weighted by atomic mass is 10.3. The van der Waals surface area contributed by atoms with Crippen LogP contribution >= 0.6 is 11.3 Å². The minimum absolute atomic E-state index is 0.192. The summed E-state index contributed by atoms with van der Waals surface area (Å²) in [4.78, 5) is 24.1. The summed E-state index contributed by atoms with van der Waals surface area (Å²) < 4.78 is 17.7. The van der Waals surface area contributed by atoms with Crippen molar-refractivity contribution < 1.29 is 18.7 Å². The van der Waals surface area contributed by atoms with Crippen LogP contribution < -0.4 is 10.6 Å². The molecule has 5 nitrogen and oxygen atoms in total. The van der Waals surface area contributed by atoms with E-state index in [4.69, 9.17) is 4.74 Å². The van der Waals surface area contributed by atoms with Crippen LogP contribution in [0.1, 0.15) is 4.88 Å². The number of carbonyl (C=O) groups is 2. The fourth-order valence-electron chi connectivity index (χ4n) is 1.62. The molecule has 0 spiro atoms. The summed E-state index contributed by atoms with van der Waals surface area (Å²) >= 11 is 1.55. The molecular formula is C15H15FN2O3S. The van der Waals surface area contributed by atoms with Gasteiger partial charge in [-0.05, 0) is 35.7 Å². The third-order valence-electron chi connectivity index (χ3n) is 2.63. The normalized spacial score (nSPS) is 10.2. The van der Waals surface area contributed by atoms with Gasteiger partial charge in [0.15, 0.2) is 0 Å². The van der Waals surface area contributed by atoms with Crippen molar-refractivity contribution in [2.75, 3.05) is 18.5 Å². The minimum Gasteiger partial charge on any atom is -0.362 e. The van der Waals surface area contributed by atoms with E-state index < -0.39 is 5.91 Å². The van der Waals surface area contributed by atoms with E-state index in [0.717, 1.165) is 4.88 Å². The minimum atomic E-state index is -0.405. The van der Waals surface area contributed by atoms with Crippen molar-refractivity contribution in [2.45, 2.75) is 6.54 Å². The van der Waals surface area contributed by atoms with E-state index in [1.54, 1.807) is 11.3 Å². The quantitative estimate of drug-likeness (QED) is 0.821. The molecule has 0 unspecified atom stereocenters. The van der Waals surface area contributed by atoms with Crippen molar-refractivity contribution in [1.29, 1.82) is 0 Å². The van der Waals surface area contributed by atoms with E-state index in [2.05, 4.69) is 10.6 Å². The van der Waals surface area contributed by atoms with Crippen molar-refractivity contribution in [3.8, 4) is 0 Å². The number of benzene rings is 1. The van der Waals surface area contributed by atoms with Crippen LogP contribution in [0.5, 0.6) is 0 Å². The van der Waals surface area contributed by atoms with E-state index in [-0.39, 0.29) is 24.9 Å². The van der Waals surface area contributed by atoms with Crippen molar-refractivity contribution in [3.05, 3.63) is 52.5 Å².